The Labute approximate surface area is 140 Å². The topological polar surface area (TPSA) is 34.1 Å². The lowest BCUT2D eigenvalue weighted by Crippen LogP contribution is -2.05. The first-order valence-electron chi connectivity index (χ1n) is 7.55. The highest BCUT2D eigenvalue weighted by Crippen LogP contribution is 2.41. The molecule has 0 bridgehead atoms. The van der Waals surface area contributed by atoms with Gasteiger partial charge in [0.2, 0.25) is 0 Å². The maximum absolute atomic E-state index is 12.1. The third-order valence-corrected chi connectivity index (χ3v) is 4.56. The maximum Gasteiger partial charge on any atom is 0.160 e. The Balaban J connectivity index is 2.24. The van der Waals surface area contributed by atoms with Crippen molar-refractivity contribution in [2.45, 2.75) is 20.3 Å². The van der Waals surface area contributed by atoms with Crippen LogP contribution in [-0.4, -0.2) is 17.4 Å². The molecule has 0 N–H and O–H groups in total. The Morgan fingerprint density at radius 2 is 1.74 bits per heavy atom. The molecule has 3 heteroatoms. The second-order valence-electron chi connectivity index (χ2n) is 5.80. The number of hydrogen-bond acceptors (Lipinski definition) is 2. The van der Waals surface area contributed by atoms with Crippen molar-refractivity contribution in [3.63, 3.8) is 0 Å². The van der Waals surface area contributed by atoms with Gasteiger partial charge in [-0.25, -0.2) is 0 Å². The van der Waals surface area contributed by atoms with Gasteiger partial charge in [-0.2, -0.15) is 0 Å². The van der Waals surface area contributed by atoms with Crippen molar-refractivity contribution < 1.29 is 9.59 Å². The van der Waals surface area contributed by atoms with Crippen LogP contribution in [0.1, 0.15) is 51.3 Å². The average molecular weight is 325 g/mol. The van der Waals surface area contributed by atoms with Crippen LogP contribution in [0.3, 0.4) is 0 Å². The quantitative estimate of drug-likeness (QED) is 0.598. The number of Topliss-reactive ketones (excluding diaryl/α,β-unsaturated/α-hetero) is 2. The molecule has 0 spiro atoms. The Kier molecular flexibility index (Phi) is 4.18. The molecular formula is C20H17ClO2. The van der Waals surface area contributed by atoms with Gasteiger partial charge in [0.15, 0.2) is 11.6 Å². The lowest BCUT2D eigenvalue weighted by atomic mass is 9.93. The Bertz CT molecular complexity index is 832. The van der Waals surface area contributed by atoms with Crippen LogP contribution >= 0.6 is 11.6 Å². The monoisotopic (exact) mass is 324 g/mol. The molecule has 3 rings (SSSR count). The molecule has 23 heavy (non-hydrogen) atoms. The van der Waals surface area contributed by atoms with Gasteiger partial charge in [-0.1, -0.05) is 30.3 Å². The van der Waals surface area contributed by atoms with Gasteiger partial charge in [0.1, 0.15) is 0 Å². The molecule has 1 aliphatic carbocycles. The van der Waals surface area contributed by atoms with Crippen molar-refractivity contribution in [2.75, 3.05) is 5.88 Å². The van der Waals surface area contributed by atoms with Crippen LogP contribution in [-0.2, 0) is 6.42 Å². The smallest absolute Gasteiger partial charge is 0.160 e. The van der Waals surface area contributed by atoms with Gasteiger partial charge >= 0.3 is 0 Å². The molecule has 0 aromatic heterocycles. The summed E-state index contributed by atoms with van der Waals surface area (Å²) in [6.07, 6.45) is 0.697. The molecule has 1 aliphatic rings. The number of carbonyl (C=O) groups is 2. The fourth-order valence-electron chi connectivity index (χ4n) is 3.19. The fraction of sp³-hybridized carbons (Fsp3) is 0.200. The van der Waals surface area contributed by atoms with Crippen molar-refractivity contribution >= 4 is 34.3 Å². The number of fused-ring (bicyclic) bond motifs is 1. The highest BCUT2D eigenvalue weighted by atomic mass is 35.5. The summed E-state index contributed by atoms with van der Waals surface area (Å²) in [6.45, 7) is 3.06. The zero-order chi connectivity index (χ0) is 16.6. The van der Waals surface area contributed by atoms with E-state index in [1.807, 2.05) is 36.4 Å². The first-order chi connectivity index (χ1) is 11.0. The molecule has 116 valence electrons. The average Bonchev–Trinajstić information content (AvgIpc) is 2.92. The van der Waals surface area contributed by atoms with Crippen molar-refractivity contribution in [2.24, 2.45) is 0 Å². The molecule has 0 radical (unpaired) electrons. The lowest BCUT2D eigenvalue weighted by molar-refractivity contribution is 0.101. The third kappa shape index (κ3) is 2.75. The minimum absolute atomic E-state index is 0.0316. The molecule has 0 atom stereocenters. The van der Waals surface area contributed by atoms with E-state index < -0.39 is 0 Å². The number of allylic oxidation sites excluding steroid dienone is 2. The van der Waals surface area contributed by atoms with Crippen LogP contribution in [0.25, 0.3) is 11.1 Å². The van der Waals surface area contributed by atoms with Crippen molar-refractivity contribution in [1.29, 1.82) is 0 Å². The molecule has 2 nitrogen and oxygen atoms in total. The van der Waals surface area contributed by atoms with E-state index in [1.165, 1.54) is 13.8 Å². The number of benzene rings is 2. The molecule has 0 aliphatic heterocycles. The van der Waals surface area contributed by atoms with E-state index in [-0.39, 0.29) is 11.6 Å². The SMILES string of the molecule is CC(=O)c1cc2c(c(C(C)=O)c1)C(CCl)=C(c1ccccc1)C2. The molecule has 0 fully saturated rings. The predicted molar refractivity (Wildman–Crippen MR) is 94.1 cm³/mol. The van der Waals surface area contributed by atoms with E-state index in [1.54, 1.807) is 6.07 Å². The highest BCUT2D eigenvalue weighted by Gasteiger charge is 2.27. The Morgan fingerprint density at radius 3 is 2.30 bits per heavy atom. The first-order valence-corrected chi connectivity index (χ1v) is 8.09. The van der Waals surface area contributed by atoms with Crippen LogP contribution in [0.2, 0.25) is 0 Å². The van der Waals surface area contributed by atoms with E-state index >= 15 is 0 Å². The van der Waals surface area contributed by atoms with E-state index in [9.17, 15) is 9.59 Å². The summed E-state index contributed by atoms with van der Waals surface area (Å²) in [5, 5.41) is 0. The summed E-state index contributed by atoms with van der Waals surface area (Å²) >= 11 is 6.22. The standard InChI is InChI=1S/C20H17ClO2/c1-12(22)15-8-16-10-18(14-6-4-3-5-7-14)19(11-21)20(16)17(9-15)13(2)23/h3-9H,10-11H2,1-2H3. The minimum atomic E-state index is -0.0405. The molecule has 0 unspecified atom stereocenters. The first kappa shape index (κ1) is 15.7. The summed E-state index contributed by atoms with van der Waals surface area (Å²) in [5.74, 6) is 0.272. The van der Waals surface area contributed by atoms with Crippen LogP contribution < -0.4 is 0 Å². The van der Waals surface area contributed by atoms with Gasteiger partial charge < -0.3 is 0 Å². The largest absolute Gasteiger partial charge is 0.295 e. The second-order valence-corrected chi connectivity index (χ2v) is 6.07. The normalized spacial score (nSPS) is 13.2. The van der Waals surface area contributed by atoms with E-state index in [2.05, 4.69) is 0 Å². The molecule has 0 amide bonds. The number of ketones is 2. The number of carbonyl (C=O) groups excluding carboxylic acids is 2. The summed E-state index contributed by atoms with van der Waals surface area (Å²) in [5.41, 5.74) is 6.34. The predicted octanol–water partition coefficient (Wildman–Crippen LogP) is 4.80. The number of rotatable bonds is 4. The van der Waals surface area contributed by atoms with Gasteiger partial charge in [-0.3, -0.25) is 9.59 Å². The maximum atomic E-state index is 12.1. The summed E-state index contributed by atoms with van der Waals surface area (Å²) < 4.78 is 0. The van der Waals surface area contributed by atoms with Gasteiger partial charge in [0.05, 0.1) is 0 Å². The molecular weight excluding hydrogens is 308 g/mol. The van der Waals surface area contributed by atoms with Crippen molar-refractivity contribution in [1.82, 2.24) is 0 Å². The van der Waals surface area contributed by atoms with Gasteiger partial charge in [-0.05, 0) is 60.2 Å². The number of hydrogen-bond donors (Lipinski definition) is 0. The van der Waals surface area contributed by atoms with Crippen LogP contribution in [0.4, 0.5) is 0 Å². The summed E-state index contributed by atoms with van der Waals surface area (Å²) in [4.78, 5) is 23.9. The lowest BCUT2D eigenvalue weighted by Gasteiger charge is -2.11. The molecule has 2 aromatic carbocycles. The van der Waals surface area contributed by atoms with Gasteiger partial charge in [0, 0.05) is 17.0 Å². The Morgan fingerprint density at radius 1 is 1.04 bits per heavy atom. The van der Waals surface area contributed by atoms with Gasteiger partial charge in [0.25, 0.3) is 0 Å². The zero-order valence-corrected chi connectivity index (χ0v) is 13.9. The molecule has 0 saturated carbocycles. The van der Waals surface area contributed by atoms with Crippen molar-refractivity contribution in [3.05, 3.63) is 70.3 Å². The summed E-state index contributed by atoms with van der Waals surface area (Å²) in [6, 6.07) is 13.6. The van der Waals surface area contributed by atoms with Crippen LogP contribution in [0.15, 0.2) is 42.5 Å². The van der Waals surface area contributed by atoms with E-state index in [4.69, 9.17) is 11.6 Å². The van der Waals surface area contributed by atoms with Crippen LogP contribution in [0, 0.1) is 0 Å². The summed E-state index contributed by atoms with van der Waals surface area (Å²) in [7, 11) is 0. The zero-order valence-electron chi connectivity index (χ0n) is 13.2. The van der Waals surface area contributed by atoms with Crippen LogP contribution in [0.5, 0.6) is 0 Å². The Hall–Kier alpha value is -2.19. The van der Waals surface area contributed by atoms with Crippen molar-refractivity contribution in [3.8, 4) is 0 Å². The fourth-order valence-corrected chi connectivity index (χ4v) is 3.48. The number of alkyl halides is 1. The second kappa shape index (κ2) is 6.13. The highest BCUT2D eigenvalue weighted by molar-refractivity contribution is 6.26. The molecule has 2 aromatic rings. The number of halogens is 1. The molecule has 0 heterocycles. The molecule has 0 saturated heterocycles. The minimum Gasteiger partial charge on any atom is -0.295 e. The van der Waals surface area contributed by atoms with E-state index in [0.29, 0.717) is 23.4 Å². The van der Waals surface area contributed by atoms with E-state index in [0.717, 1.165) is 27.8 Å². The third-order valence-electron chi connectivity index (χ3n) is 4.30. The van der Waals surface area contributed by atoms with Gasteiger partial charge in [-0.15, -0.1) is 11.6 Å².